The first kappa shape index (κ1) is 15.6. The molecule has 3 nitrogen and oxygen atoms in total. The van der Waals surface area contributed by atoms with E-state index in [-0.39, 0.29) is 20.9 Å². The van der Waals surface area contributed by atoms with Gasteiger partial charge in [-0.1, -0.05) is 0 Å². The van der Waals surface area contributed by atoms with Crippen LogP contribution >= 0.6 is 0 Å². The molecule has 2 rings (SSSR count). The number of carbonyl (C=O) groups excluding carboxylic acids is 1. The first-order valence-electron chi connectivity index (χ1n) is 6.93. The van der Waals surface area contributed by atoms with Gasteiger partial charge < -0.3 is 0 Å². The Bertz CT molecular complexity index is 613. The van der Waals surface area contributed by atoms with E-state index in [0.717, 1.165) is 22.2 Å². The third-order valence-corrected chi connectivity index (χ3v) is 5.17. The predicted molar refractivity (Wildman–Crippen MR) is 87.1 cm³/mol. The van der Waals surface area contributed by atoms with E-state index in [2.05, 4.69) is 11.4 Å². The molecule has 0 aliphatic heterocycles. The van der Waals surface area contributed by atoms with Crippen molar-refractivity contribution in [2.75, 3.05) is 13.7 Å². The van der Waals surface area contributed by atoms with Crippen LogP contribution < -0.4 is 19.0 Å². The van der Waals surface area contributed by atoms with Crippen LogP contribution in [0.5, 0.6) is 5.75 Å². The zero-order valence-electron chi connectivity index (χ0n) is 12.3. The van der Waals surface area contributed by atoms with E-state index in [1.807, 2.05) is 49.4 Å². The predicted octanol–water partition coefficient (Wildman–Crippen LogP) is 1.49. The monoisotopic (exact) mass is 349 g/mol. The van der Waals surface area contributed by atoms with Gasteiger partial charge >= 0.3 is 131 Å². The van der Waals surface area contributed by atoms with Crippen molar-refractivity contribution in [2.24, 2.45) is 0 Å². The summed E-state index contributed by atoms with van der Waals surface area (Å²) in [6.07, 6.45) is 0.939. The second-order valence-electron chi connectivity index (χ2n) is 4.53. The summed E-state index contributed by atoms with van der Waals surface area (Å²) in [5, 5.41) is 2.94. The van der Waals surface area contributed by atoms with Crippen molar-refractivity contribution in [2.45, 2.75) is 13.3 Å². The number of rotatable bonds is 6. The summed E-state index contributed by atoms with van der Waals surface area (Å²) in [6, 6.07) is 15.8. The first-order chi connectivity index (χ1) is 10.2. The molecule has 0 unspecified atom stereocenters. The number of ether oxygens (including phenoxy) is 1. The van der Waals surface area contributed by atoms with Crippen LogP contribution in [-0.2, 0) is 0 Å². The molecular formula is C17H19NO2Se. The fourth-order valence-electron chi connectivity index (χ4n) is 1.87. The Morgan fingerprint density at radius 2 is 2.00 bits per heavy atom. The molecule has 0 fully saturated rings. The van der Waals surface area contributed by atoms with Crippen LogP contribution in [0, 0.1) is 0 Å². The zero-order valence-corrected chi connectivity index (χ0v) is 14.0. The van der Waals surface area contributed by atoms with Crippen molar-refractivity contribution in [3.63, 3.8) is 0 Å². The number of hydrogen-bond acceptors (Lipinski definition) is 2. The van der Waals surface area contributed by atoms with Crippen molar-refractivity contribution >= 4 is 29.8 Å². The van der Waals surface area contributed by atoms with Crippen LogP contribution in [0.3, 0.4) is 0 Å². The van der Waals surface area contributed by atoms with Gasteiger partial charge in [0, 0.05) is 0 Å². The molecule has 0 saturated carbocycles. The molecule has 2 aromatic carbocycles. The summed E-state index contributed by atoms with van der Waals surface area (Å²) in [6.45, 7) is 2.76. The quantitative estimate of drug-likeness (QED) is 0.804. The minimum absolute atomic E-state index is 0.0113. The number of carbonyl (C=O) groups is 1. The molecule has 0 spiro atoms. The van der Waals surface area contributed by atoms with Crippen molar-refractivity contribution in [3.8, 4) is 5.75 Å². The van der Waals surface area contributed by atoms with Crippen LogP contribution in [0.1, 0.15) is 23.7 Å². The van der Waals surface area contributed by atoms with Crippen LogP contribution in [-0.4, -0.2) is 34.5 Å². The topological polar surface area (TPSA) is 38.3 Å². The number of methoxy groups -OCH3 is 1. The van der Waals surface area contributed by atoms with Gasteiger partial charge in [0.05, 0.1) is 0 Å². The molecule has 0 aliphatic carbocycles. The van der Waals surface area contributed by atoms with Gasteiger partial charge in [0.25, 0.3) is 0 Å². The summed E-state index contributed by atoms with van der Waals surface area (Å²) < 4.78 is 7.54. The van der Waals surface area contributed by atoms with Crippen molar-refractivity contribution in [1.29, 1.82) is 0 Å². The summed E-state index contributed by atoms with van der Waals surface area (Å²) >= 11 is 0.0781. The fourth-order valence-corrected chi connectivity index (χ4v) is 3.95. The van der Waals surface area contributed by atoms with E-state index < -0.39 is 0 Å². The van der Waals surface area contributed by atoms with E-state index >= 15 is 0 Å². The third kappa shape index (κ3) is 4.35. The molecule has 0 aromatic heterocycles. The molecule has 1 amide bonds. The molecular weight excluding hydrogens is 329 g/mol. The van der Waals surface area contributed by atoms with Crippen LogP contribution in [0.25, 0.3) is 0 Å². The molecule has 2 aromatic rings. The van der Waals surface area contributed by atoms with E-state index in [4.69, 9.17) is 4.74 Å². The molecule has 0 bridgehead atoms. The van der Waals surface area contributed by atoms with E-state index in [1.165, 1.54) is 4.46 Å². The van der Waals surface area contributed by atoms with Crippen LogP contribution in [0.15, 0.2) is 48.5 Å². The van der Waals surface area contributed by atoms with Gasteiger partial charge in [-0.15, -0.1) is 0 Å². The molecule has 4 heteroatoms. The number of benzene rings is 2. The first-order valence-corrected chi connectivity index (χ1v) is 8.65. The van der Waals surface area contributed by atoms with Crippen molar-refractivity contribution < 1.29 is 9.53 Å². The van der Waals surface area contributed by atoms with Gasteiger partial charge in [0.1, 0.15) is 0 Å². The Hall–Kier alpha value is -1.77. The van der Waals surface area contributed by atoms with Crippen LogP contribution in [0.2, 0.25) is 0 Å². The van der Waals surface area contributed by atoms with Crippen molar-refractivity contribution in [1.82, 2.24) is 5.32 Å². The van der Waals surface area contributed by atoms with Gasteiger partial charge in [-0.25, -0.2) is 0 Å². The molecule has 1 N–H and O–H groups in total. The van der Waals surface area contributed by atoms with Gasteiger partial charge in [-0.05, 0) is 0 Å². The normalized spacial score (nSPS) is 10.2. The maximum absolute atomic E-state index is 12.2. The molecule has 110 valence electrons. The fraction of sp³-hybridized carbons (Fsp3) is 0.235. The summed E-state index contributed by atoms with van der Waals surface area (Å²) in [5.74, 6) is 0.861. The molecule has 0 aliphatic rings. The molecule has 0 atom stereocenters. The van der Waals surface area contributed by atoms with Gasteiger partial charge in [-0.3, -0.25) is 0 Å². The number of amides is 1. The van der Waals surface area contributed by atoms with Gasteiger partial charge in [-0.2, -0.15) is 0 Å². The summed E-state index contributed by atoms with van der Waals surface area (Å²) in [4.78, 5) is 12.2. The Morgan fingerprint density at radius 1 is 1.19 bits per heavy atom. The summed E-state index contributed by atoms with van der Waals surface area (Å²) in [5.41, 5.74) is 0.772. The average Bonchev–Trinajstić information content (AvgIpc) is 2.53. The van der Waals surface area contributed by atoms with Gasteiger partial charge in [0.15, 0.2) is 0 Å². The average molecular weight is 348 g/mol. The number of nitrogens with one attached hydrogen (secondary N) is 1. The van der Waals surface area contributed by atoms with Crippen molar-refractivity contribution in [3.05, 3.63) is 54.1 Å². The van der Waals surface area contributed by atoms with E-state index in [9.17, 15) is 4.79 Å². The van der Waals surface area contributed by atoms with Gasteiger partial charge in [0.2, 0.25) is 0 Å². The van der Waals surface area contributed by atoms with E-state index in [1.54, 1.807) is 7.11 Å². The second-order valence-corrected chi connectivity index (χ2v) is 6.87. The zero-order chi connectivity index (χ0) is 15.1. The maximum atomic E-state index is 12.2. The Labute approximate surface area is 131 Å². The molecule has 0 saturated heterocycles. The third-order valence-electron chi connectivity index (χ3n) is 2.94. The Balaban J connectivity index is 2.21. The Morgan fingerprint density at radius 3 is 2.76 bits per heavy atom. The second kappa shape index (κ2) is 7.87. The van der Waals surface area contributed by atoms with Crippen LogP contribution in [0.4, 0.5) is 0 Å². The summed E-state index contributed by atoms with van der Waals surface area (Å²) in [7, 11) is 1.66. The molecule has 21 heavy (non-hydrogen) atoms. The Kier molecular flexibility index (Phi) is 5.85. The SMILES string of the molecule is CCCNC(=O)c1ccccc1[Se]c1cccc(OC)c1. The molecule has 0 heterocycles. The molecule has 0 radical (unpaired) electrons. The standard InChI is InChI=1S/C17H19NO2Se/c1-3-11-18-17(19)15-9-4-5-10-16(15)21-14-8-6-7-13(12-14)20-2/h4-10,12H,3,11H2,1-2H3,(H,18,19). The minimum atomic E-state index is 0.0113. The number of hydrogen-bond donors (Lipinski definition) is 1. The van der Waals surface area contributed by atoms with E-state index in [0.29, 0.717) is 6.54 Å².